The minimum absolute atomic E-state index is 0.0592. The van der Waals surface area contributed by atoms with Crippen molar-refractivity contribution >= 4 is 23.8 Å². The Labute approximate surface area is 85.7 Å². The number of halogens is 1. The Bertz CT molecular complexity index is 385. The fourth-order valence-corrected chi connectivity index (χ4v) is 0.967. The maximum absolute atomic E-state index is 9.34. The molecule has 0 heterocycles. The zero-order valence-electron chi connectivity index (χ0n) is 7.18. The third kappa shape index (κ3) is 2.95. The first kappa shape index (κ1) is 10.3. The van der Waals surface area contributed by atoms with Crippen molar-refractivity contribution in [3.63, 3.8) is 0 Å². The standard InChI is InChI=1S/C8H9ClN4O/c9-6-1-2-7(14)5(3-6)4-12-13-8(10)11/h1-4,14H,(H4,10,11,13)/b12-4+. The molecule has 6 heteroatoms. The van der Waals surface area contributed by atoms with Crippen LogP contribution in [0.3, 0.4) is 0 Å². The minimum Gasteiger partial charge on any atom is -0.507 e. The van der Waals surface area contributed by atoms with E-state index in [1.54, 1.807) is 12.1 Å². The molecule has 0 aliphatic heterocycles. The molecule has 0 radical (unpaired) electrons. The van der Waals surface area contributed by atoms with Crippen LogP contribution in [-0.2, 0) is 0 Å². The molecule has 0 aliphatic carbocycles. The van der Waals surface area contributed by atoms with Crippen molar-refractivity contribution in [2.45, 2.75) is 0 Å². The molecule has 1 rings (SSSR count). The molecule has 0 amide bonds. The molecular formula is C8H9ClN4O. The van der Waals surface area contributed by atoms with Crippen molar-refractivity contribution in [1.82, 2.24) is 0 Å². The molecule has 74 valence electrons. The molecule has 14 heavy (non-hydrogen) atoms. The van der Waals surface area contributed by atoms with Gasteiger partial charge in [0.1, 0.15) is 5.75 Å². The smallest absolute Gasteiger partial charge is 0.211 e. The Morgan fingerprint density at radius 1 is 1.43 bits per heavy atom. The number of hydrogen-bond donors (Lipinski definition) is 3. The van der Waals surface area contributed by atoms with E-state index >= 15 is 0 Å². The van der Waals surface area contributed by atoms with Gasteiger partial charge in [-0.3, -0.25) is 0 Å². The Morgan fingerprint density at radius 2 is 2.14 bits per heavy atom. The van der Waals surface area contributed by atoms with Crippen LogP contribution in [0.25, 0.3) is 0 Å². The van der Waals surface area contributed by atoms with Gasteiger partial charge in [-0.15, -0.1) is 5.10 Å². The SMILES string of the molecule is NC(N)=N/N=C/c1cc(Cl)ccc1O. The average Bonchev–Trinajstić information content (AvgIpc) is 2.10. The minimum atomic E-state index is -0.150. The van der Waals surface area contributed by atoms with Crippen LogP contribution in [0.1, 0.15) is 5.56 Å². The van der Waals surface area contributed by atoms with E-state index in [-0.39, 0.29) is 11.7 Å². The molecule has 0 unspecified atom stereocenters. The largest absolute Gasteiger partial charge is 0.507 e. The van der Waals surface area contributed by atoms with Gasteiger partial charge < -0.3 is 16.6 Å². The number of nitrogens with two attached hydrogens (primary N) is 2. The predicted molar refractivity (Wildman–Crippen MR) is 56.5 cm³/mol. The van der Waals surface area contributed by atoms with E-state index in [4.69, 9.17) is 23.1 Å². The van der Waals surface area contributed by atoms with Crippen LogP contribution in [0.4, 0.5) is 0 Å². The number of hydrogen-bond acceptors (Lipinski definition) is 3. The highest BCUT2D eigenvalue weighted by Gasteiger charge is 1.97. The van der Waals surface area contributed by atoms with Gasteiger partial charge in [-0.25, -0.2) is 0 Å². The molecule has 0 saturated heterocycles. The Kier molecular flexibility index (Phi) is 3.30. The third-order valence-electron chi connectivity index (χ3n) is 1.36. The van der Waals surface area contributed by atoms with Crippen molar-refractivity contribution in [3.05, 3.63) is 28.8 Å². The van der Waals surface area contributed by atoms with Gasteiger partial charge >= 0.3 is 0 Å². The number of phenolic OH excluding ortho intramolecular Hbond substituents is 1. The van der Waals surface area contributed by atoms with Crippen molar-refractivity contribution in [2.75, 3.05) is 0 Å². The maximum atomic E-state index is 9.34. The van der Waals surface area contributed by atoms with Crippen LogP contribution in [0.2, 0.25) is 5.02 Å². The second-order valence-electron chi connectivity index (χ2n) is 2.47. The lowest BCUT2D eigenvalue weighted by Gasteiger charge is -1.97. The summed E-state index contributed by atoms with van der Waals surface area (Å²) in [5.74, 6) is -0.0910. The summed E-state index contributed by atoms with van der Waals surface area (Å²) in [5.41, 5.74) is 10.5. The summed E-state index contributed by atoms with van der Waals surface area (Å²) in [5, 5.41) is 16.7. The molecule has 0 fully saturated rings. The molecule has 1 aromatic carbocycles. The second kappa shape index (κ2) is 4.48. The lowest BCUT2D eigenvalue weighted by molar-refractivity contribution is 0.474. The number of aromatic hydroxyl groups is 1. The first-order chi connectivity index (χ1) is 6.59. The summed E-state index contributed by atoms with van der Waals surface area (Å²) in [4.78, 5) is 0. The summed E-state index contributed by atoms with van der Waals surface area (Å²) >= 11 is 5.70. The van der Waals surface area contributed by atoms with Crippen LogP contribution in [0, 0.1) is 0 Å². The third-order valence-corrected chi connectivity index (χ3v) is 1.59. The van der Waals surface area contributed by atoms with Crippen LogP contribution >= 0.6 is 11.6 Å². The monoisotopic (exact) mass is 212 g/mol. The fourth-order valence-electron chi connectivity index (χ4n) is 0.787. The van der Waals surface area contributed by atoms with E-state index in [1.807, 2.05) is 0 Å². The molecule has 0 aromatic heterocycles. The highest BCUT2D eigenvalue weighted by atomic mass is 35.5. The van der Waals surface area contributed by atoms with Crippen molar-refractivity contribution in [3.8, 4) is 5.75 Å². The molecular weight excluding hydrogens is 204 g/mol. The predicted octanol–water partition coefficient (Wildman–Crippen LogP) is 0.653. The van der Waals surface area contributed by atoms with Crippen molar-refractivity contribution in [2.24, 2.45) is 21.7 Å². The molecule has 0 aliphatic rings. The normalized spacial score (nSPS) is 10.4. The maximum Gasteiger partial charge on any atom is 0.211 e. The summed E-state index contributed by atoms with van der Waals surface area (Å²) in [6, 6.07) is 4.57. The summed E-state index contributed by atoms with van der Waals surface area (Å²) in [6.45, 7) is 0. The average molecular weight is 213 g/mol. The van der Waals surface area contributed by atoms with E-state index in [0.29, 0.717) is 10.6 Å². The molecule has 0 bridgehead atoms. The zero-order valence-corrected chi connectivity index (χ0v) is 7.94. The summed E-state index contributed by atoms with van der Waals surface area (Å²) in [7, 11) is 0. The topological polar surface area (TPSA) is 97.0 Å². The number of nitrogens with zero attached hydrogens (tertiary/aromatic N) is 2. The van der Waals surface area contributed by atoms with Gasteiger partial charge in [0, 0.05) is 10.6 Å². The van der Waals surface area contributed by atoms with Crippen LogP contribution in [0.5, 0.6) is 5.75 Å². The van der Waals surface area contributed by atoms with E-state index in [1.165, 1.54) is 12.3 Å². The van der Waals surface area contributed by atoms with Crippen molar-refractivity contribution in [1.29, 1.82) is 0 Å². The molecule has 0 atom stereocenters. The number of benzene rings is 1. The molecule has 5 nitrogen and oxygen atoms in total. The first-order valence-electron chi connectivity index (χ1n) is 3.70. The number of rotatable bonds is 2. The van der Waals surface area contributed by atoms with Gasteiger partial charge in [-0.05, 0) is 18.2 Å². The highest BCUT2D eigenvalue weighted by molar-refractivity contribution is 6.30. The summed E-state index contributed by atoms with van der Waals surface area (Å²) < 4.78 is 0. The Morgan fingerprint density at radius 3 is 2.79 bits per heavy atom. The second-order valence-corrected chi connectivity index (χ2v) is 2.91. The zero-order chi connectivity index (χ0) is 10.6. The van der Waals surface area contributed by atoms with Gasteiger partial charge in [0.25, 0.3) is 0 Å². The molecule has 5 N–H and O–H groups in total. The molecule has 0 saturated carbocycles. The van der Waals surface area contributed by atoms with Crippen molar-refractivity contribution < 1.29 is 5.11 Å². The Hall–Kier alpha value is -1.75. The van der Waals surface area contributed by atoms with Crippen LogP contribution in [0.15, 0.2) is 28.4 Å². The molecule has 1 aromatic rings. The van der Waals surface area contributed by atoms with E-state index in [0.717, 1.165) is 0 Å². The fraction of sp³-hybridized carbons (Fsp3) is 0. The van der Waals surface area contributed by atoms with Crippen LogP contribution < -0.4 is 11.5 Å². The quantitative estimate of drug-likeness (QED) is 0.382. The number of guanidine groups is 1. The lowest BCUT2D eigenvalue weighted by atomic mass is 10.2. The van der Waals surface area contributed by atoms with Gasteiger partial charge in [0.15, 0.2) is 0 Å². The van der Waals surface area contributed by atoms with Gasteiger partial charge in [-0.2, -0.15) is 5.10 Å². The summed E-state index contributed by atoms with van der Waals surface area (Å²) in [6.07, 6.45) is 1.31. The van der Waals surface area contributed by atoms with Gasteiger partial charge in [-0.1, -0.05) is 11.6 Å². The number of phenols is 1. The van der Waals surface area contributed by atoms with Crippen LogP contribution in [-0.4, -0.2) is 17.3 Å². The van der Waals surface area contributed by atoms with E-state index < -0.39 is 0 Å². The van der Waals surface area contributed by atoms with E-state index in [2.05, 4.69) is 10.2 Å². The first-order valence-corrected chi connectivity index (χ1v) is 4.08. The van der Waals surface area contributed by atoms with Gasteiger partial charge in [0.2, 0.25) is 5.96 Å². The van der Waals surface area contributed by atoms with E-state index in [9.17, 15) is 5.11 Å². The molecule has 0 spiro atoms. The Balaban J connectivity index is 2.91. The highest BCUT2D eigenvalue weighted by Crippen LogP contribution is 2.19. The lowest BCUT2D eigenvalue weighted by Crippen LogP contribution is -2.21. The van der Waals surface area contributed by atoms with Gasteiger partial charge in [0.05, 0.1) is 6.21 Å².